The molecule has 3 nitrogen and oxygen atoms in total. The maximum Gasteiger partial charge on any atom is 0.0951 e. The normalized spacial score (nSPS) is 19.5. The third kappa shape index (κ3) is 2.14. The molecule has 19 heavy (non-hydrogen) atoms. The molecule has 1 aromatic carbocycles. The first kappa shape index (κ1) is 12.3. The first-order chi connectivity index (χ1) is 9.16. The molecule has 0 bridgehead atoms. The van der Waals surface area contributed by atoms with Gasteiger partial charge in [-0.15, -0.1) is 0 Å². The van der Waals surface area contributed by atoms with Crippen molar-refractivity contribution in [3.8, 4) is 0 Å². The molecule has 0 amide bonds. The van der Waals surface area contributed by atoms with Crippen LogP contribution < -0.4 is 10.6 Å². The number of nitrogens with two attached hydrogens (primary N) is 1. The van der Waals surface area contributed by atoms with Gasteiger partial charge in [-0.3, -0.25) is 4.98 Å². The van der Waals surface area contributed by atoms with E-state index in [2.05, 4.69) is 35.9 Å². The Hall–Kier alpha value is -1.77. The summed E-state index contributed by atoms with van der Waals surface area (Å²) in [5, 5.41) is 1.17. The summed E-state index contributed by atoms with van der Waals surface area (Å²) in [6.45, 7) is 6.91. The summed E-state index contributed by atoms with van der Waals surface area (Å²) >= 11 is 0. The first-order valence-electron chi connectivity index (χ1n) is 7.05. The Morgan fingerprint density at radius 1 is 1.32 bits per heavy atom. The van der Waals surface area contributed by atoms with Gasteiger partial charge in [0.15, 0.2) is 0 Å². The second-order valence-electron chi connectivity index (χ2n) is 5.81. The summed E-state index contributed by atoms with van der Waals surface area (Å²) in [5.74, 6) is 1.55. The van der Waals surface area contributed by atoms with Crippen LogP contribution in [0.1, 0.15) is 20.3 Å². The van der Waals surface area contributed by atoms with Crippen molar-refractivity contribution in [2.75, 3.05) is 23.7 Å². The van der Waals surface area contributed by atoms with Crippen molar-refractivity contribution in [2.45, 2.75) is 20.3 Å². The monoisotopic (exact) mass is 255 g/mol. The third-order valence-electron chi connectivity index (χ3n) is 4.29. The number of hydrogen-bond acceptors (Lipinski definition) is 3. The number of aromatic nitrogens is 1. The summed E-state index contributed by atoms with van der Waals surface area (Å²) in [5.41, 5.74) is 8.98. The SMILES string of the molecule is CC(C)C1CCN(c2ccc(N)c3ncccc23)C1. The zero-order valence-corrected chi connectivity index (χ0v) is 11.6. The average molecular weight is 255 g/mol. The fourth-order valence-corrected chi connectivity index (χ4v) is 3.01. The van der Waals surface area contributed by atoms with Crippen LogP contribution in [0.2, 0.25) is 0 Å². The molecule has 1 saturated heterocycles. The largest absolute Gasteiger partial charge is 0.397 e. The quantitative estimate of drug-likeness (QED) is 0.837. The van der Waals surface area contributed by atoms with Crippen LogP contribution in [0.3, 0.4) is 0 Å². The smallest absolute Gasteiger partial charge is 0.0951 e. The van der Waals surface area contributed by atoms with E-state index >= 15 is 0 Å². The lowest BCUT2D eigenvalue weighted by Gasteiger charge is -2.22. The van der Waals surface area contributed by atoms with Crippen molar-refractivity contribution in [1.29, 1.82) is 0 Å². The van der Waals surface area contributed by atoms with E-state index in [1.807, 2.05) is 18.3 Å². The number of benzene rings is 1. The molecule has 1 aromatic heterocycles. The van der Waals surface area contributed by atoms with Crippen molar-refractivity contribution < 1.29 is 0 Å². The number of hydrogen-bond donors (Lipinski definition) is 1. The van der Waals surface area contributed by atoms with E-state index in [9.17, 15) is 0 Å². The highest BCUT2D eigenvalue weighted by molar-refractivity contribution is 5.98. The number of nitrogen functional groups attached to an aromatic ring is 1. The summed E-state index contributed by atoms with van der Waals surface area (Å²) < 4.78 is 0. The molecule has 3 heteroatoms. The van der Waals surface area contributed by atoms with Crippen molar-refractivity contribution in [1.82, 2.24) is 4.98 Å². The Balaban J connectivity index is 2.00. The number of pyridine rings is 1. The van der Waals surface area contributed by atoms with Crippen molar-refractivity contribution >= 4 is 22.3 Å². The molecule has 0 saturated carbocycles. The van der Waals surface area contributed by atoms with Gasteiger partial charge in [-0.1, -0.05) is 13.8 Å². The summed E-state index contributed by atoms with van der Waals surface area (Å²) in [6, 6.07) is 8.23. The maximum absolute atomic E-state index is 6.02. The molecule has 3 rings (SSSR count). The van der Waals surface area contributed by atoms with Crippen LogP contribution >= 0.6 is 0 Å². The molecule has 2 N–H and O–H groups in total. The van der Waals surface area contributed by atoms with Gasteiger partial charge in [0.05, 0.1) is 11.2 Å². The van der Waals surface area contributed by atoms with Gasteiger partial charge in [0.2, 0.25) is 0 Å². The second kappa shape index (κ2) is 4.72. The molecule has 2 heterocycles. The second-order valence-corrected chi connectivity index (χ2v) is 5.81. The molecular weight excluding hydrogens is 234 g/mol. The molecule has 1 unspecified atom stereocenters. The highest BCUT2D eigenvalue weighted by atomic mass is 15.2. The van der Waals surface area contributed by atoms with E-state index in [0.29, 0.717) is 0 Å². The predicted molar refractivity (Wildman–Crippen MR) is 81.3 cm³/mol. The Bertz CT molecular complexity index is 592. The Kier molecular flexibility index (Phi) is 3.05. The average Bonchev–Trinajstić information content (AvgIpc) is 2.89. The first-order valence-corrected chi connectivity index (χ1v) is 7.05. The van der Waals surface area contributed by atoms with E-state index in [4.69, 9.17) is 5.73 Å². The van der Waals surface area contributed by atoms with Gasteiger partial charge in [0, 0.05) is 30.4 Å². The van der Waals surface area contributed by atoms with E-state index in [-0.39, 0.29) is 0 Å². The van der Waals surface area contributed by atoms with Gasteiger partial charge in [0.1, 0.15) is 0 Å². The summed E-state index contributed by atoms with van der Waals surface area (Å²) in [4.78, 5) is 6.90. The van der Waals surface area contributed by atoms with Crippen LogP contribution in [0.5, 0.6) is 0 Å². The number of rotatable bonds is 2. The zero-order valence-electron chi connectivity index (χ0n) is 11.6. The van der Waals surface area contributed by atoms with E-state index in [1.165, 1.54) is 17.5 Å². The molecule has 0 radical (unpaired) electrons. The van der Waals surface area contributed by atoms with Crippen LogP contribution in [-0.2, 0) is 0 Å². The van der Waals surface area contributed by atoms with E-state index in [1.54, 1.807) is 0 Å². The van der Waals surface area contributed by atoms with E-state index < -0.39 is 0 Å². The topological polar surface area (TPSA) is 42.1 Å². The lowest BCUT2D eigenvalue weighted by Crippen LogP contribution is -2.21. The maximum atomic E-state index is 6.02. The minimum absolute atomic E-state index is 0.753. The molecule has 1 aliphatic heterocycles. The molecular formula is C16H21N3. The standard InChI is InChI=1S/C16H21N3/c1-11(2)12-7-9-19(10-12)15-6-5-14(17)16-13(15)4-3-8-18-16/h3-6,8,11-12H,7,9-10,17H2,1-2H3. The van der Waals surface area contributed by atoms with Gasteiger partial charge in [-0.05, 0) is 42.5 Å². The minimum Gasteiger partial charge on any atom is -0.397 e. The number of anilines is 2. The van der Waals surface area contributed by atoms with Gasteiger partial charge in [-0.25, -0.2) is 0 Å². The Morgan fingerprint density at radius 3 is 2.89 bits per heavy atom. The number of nitrogens with zero attached hydrogens (tertiary/aromatic N) is 2. The molecule has 1 aliphatic rings. The third-order valence-corrected chi connectivity index (χ3v) is 4.29. The summed E-state index contributed by atoms with van der Waals surface area (Å²) in [6.07, 6.45) is 3.09. The van der Waals surface area contributed by atoms with Crippen LogP contribution in [-0.4, -0.2) is 18.1 Å². The van der Waals surface area contributed by atoms with Crippen molar-refractivity contribution in [3.63, 3.8) is 0 Å². The van der Waals surface area contributed by atoms with Crippen molar-refractivity contribution in [2.24, 2.45) is 11.8 Å². The van der Waals surface area contributed by atoms with Crippen LogP contribution in [0.25, 0.3) is 10.9 Å². The molecule has 0 spiro atoms. The highest BCUT2D eigenvalue weighted by Gasteiger charge is 2.26. The molecule has 0 aliphatic carbocycles. The van der Waals surface area contributed by atoms with Crippen LogP contribution in [0.15, 0.2) is 30.5 Å². The lowest BCUT2D eigenvalue weighted by atomic mass is 9.95. The zero-order chi connectivity index (χ0) is 13.4. The molecule has 2 aromatic rings. The van der Waals surface area contributed by atoms with Gasteiger partial charge < -0.3 is 10.6 Å². The fourth-order valence-electron chi connectivity index (χ4n) is 3.01. The van der Waals surface area contributed by atoms with Crippen LogP contribution in [0.4, 0.5) is 11.4 Å². The number of fused-ring (bicyclic) bond motifs is 1. The summed E-state index contributed by atoms with van der Waals surface area (Å²) in [7, 11) is 0. The Morgan fingerprint density at radius 2 is 2.16 bits per heavy atom. The predicted octanol–water partition coefficient (Wildman–Crippen LogP) is 3.30. The van der Waals surface area contributed by atoms with Crippen LogP contribution in [0, 0.1) is 11.8 Å². The Labute approximate surface area is 114 Å². The van der Waals surface area contributed by atoms with Gasteiger partial charge in [-0.2, -0.15) is 0 Å². The molecule has 1 fully saturated rings. The van der Waals surface area contributed by atoms with Gasteiger partial charge in [0.25, 0.3) is 0 Å². The lowest BCUT2D eigenvalue weighted by molar-refractivity contribution is 0.423. The molecule has 1 atom stereocenters. The highest BCUT2D eigenvalue weighted by Crippen LogP contribution is 2.34. The van der Waals surface area contributed by atoms with Gasteiger partial charge >= 0.3 is 0 Å². The molecule has 100 valence electrons. The minimum atomic E-state index is 0.753. The van der Waals surface area contributed by atoms with E-state index in [0.717, 1.165) is 36.1 Å². The van der Waals surface area contributed by atoms with Crippen molar-refractivity contribution in [3.05, 3.63) is 30.5 Å². The fraction of sp³-hybridized carbons (Fsp3) is 0.438.